The van der Waals surface area contributed by atoms with Crippen LogP contribution >= 0.6 is 0 Å². The zero-order valence-electron chi connectivity index (χ0n) is 12.9. The standard InChI is InChI=1S/C16H24N2O3/c1-4-13(17)15(19)18(14(5-2)16(20)21-3)11-12-9-7-6-8-10-12/h6-10,13-14H,4-5,11,17H2,1-3H3. The molecule has 1 aromatic carbocycles. The molecule has 2 N–H and O–H groups in total. The van der Waals surface area contributed by atoms with Crippen LogP contribution in [0.15, 0.2) is 30.3 Å². The number of hydrogen-bond donors (Lipinski definition) is 1. The molecule has 0 saturated carbocycles. The molecule has 0 radical (unpaired) electrons. The largest absolute Gasteiger partial charge is 0.467 e. The first kappa shape index (κ1) is 17.2. The first-order valence-electron chi connectivity index (χ1n) is 7.22. The summed E-state index contributed by atoms with van der Waals surface area (Å²) in [6.45, 7) is 4.05. The van der Waals surface area contributed by atoms with E-state index >= 15 is 0 Å². The number of nitrogens with two attached hydrogens (primary N) is 1. The SMILES string of the molecule is CCC(N)C(=O)N(Cc1ccccc1)C(CC)C(=O)OC. The normalized spacial score (nSPS) is 13.3. The highest BCUT2D eigenvalue weighted by atomic mass is 16.5. The molecule has 5 heteroatoms. The lowest BCUT2D eigenvalue weighted by atomic mass is 10.1. The quantitative estimate of drug-likeness (QED) is 0.776. The van der Waals surface area contributed by atoms with E-state index < -0.39 is 18.1 Å². The fourth-order valence-corrected chi connectivity index (χ4v) is 2.16. The maximum atomic E-state index is 12.5. The molecule has 0 aliphatic rings. The van der Waals surface area contributed by atoms with E-state index in [0.717, 1.165) is 5.56 Å². The highest BCUT2D eigenvalue weighted by Gasteiger charge is 2.31. The van der Waals surface area contributed by atoms with Crippen molar-refractivity contribution in [2.45, 2.75) is 45.3 Å². The number of esters is 1. The fraction of sp³-hybridized carbons (Fsp3) is 0.500. The summed E-state index contributed by atoms with van der Waals surface area (Å²) in [5.41, 5.74) is 6.82. The fourth-order valence-electron chi connectivity index (χ4n) is 2.16. The van der Waals surface area contributed by atoms with Crippen LogP contribution in [-0.2, 0) is 20.9 Å². The first-order chi connectivity index (χ1) is 10.0. The van der Waals surface area contributed by atoms with E-state index in [9.17, 15) is 9.59 Å². The van der Waals surface area contributed by atoms with Crippen LogP contribution < -0.4 is 5.73 Å². The molecule has 0 heterocycles. The minimum Gasteiger partial charge on any atom is -0.467 e. The van der Waals surface area contributed by atoms with Crippen molar-refractivity contribution in [3.8, 4) is 0 Å². The summed E-state index contributed by atoms with van der Waals surface area (Å²) in [4.78, 5) is 25.9. The summed E-state index contributed by atoms with van der Waals surface area (Å²) in [6, 6.07) is 8.33. The predicted octanol–water partition coefficient (Wildman–Crippen LogP) is 1.70. The van der Waals surface area contributed by atoms with Gasteiger partial charge in [0.15, 0.2) is 0 Å². The van der Waals surface area contributed by atoms with Gasteiger partial charge in [0.05, 0.1) is 13.2 Å². The third kappa shape index (κ3) is 4.56. The van der Waals surface area contributed by atoms with E-state index in [-0.39, 0.29) is 5.91 Å². The molecular weight excluding hydrogens is 268 g/mol. The van der Waals surface area contributed by atoms with Gasteiger partial charge in [0.1, 0.15) is 6.04 Å². The monoisotopic (exact) mass is 292 g/mol. The van der Waals surface area contributed by atoms with Gasteiger partial charge in [0.25, 0.3) is 0 Å². The van der Waals surface area contributed by atoms with Crippen LogP contribution in [0.5, 0.6) is 0 Å². The molecule has 0 aromatic heterocycles. The minimum absolute atomic E-state index is 0.224. The number of methoxy groups -OCH3 is 1. The number of benzene rings is 1. The molecule has 116 valence electrons. The van der Waals surface area contributed by atoms with Crippen molar-refractivity contribution in [2.24, 2.45) is 5.73 Å². The second-order valence-electron chi connectivity index (χ2n) is 4.91. The molecule has 2 unspecified atom stereocenters. The molecule has 1 rings (SSSR count). The van der Waals surface area contributed by atoms with Crippen molar-refractivity contribution in [1.29, 1.82) is 0 Å². The van der Waals surface area contributed by atoms with Crippen molar-refractivity contribution in [3.05, 3.63) is 35.9 Å². The third-order valence-corrected chi connectivity index (χ3v) is 3.47. The molecule has 0 saturated heterocycles. The van der Waals surface area contributed by atoms with Gasteiger partial charge >= 0.3 is 5.97 Å². The molecule has 5 nitrogen and oxygen atoms in total. The van der Waals surface area contributed by atoms with Gasteiger partial charge in [-0.2, -0.15) is 0 Å². The van der Waals surface area contributed by atoms with Gasteiger partial charge in [-0.15, -0.1) is 0 Å². The molecule has 0 fully saturated rings. The number of hydrogen-bond acceptors (Lipinski definition) is 4. The van der Waals surface area contributed by atoms with Crippen molar-refractivity contribution in [2.75, 3.05) is 7.11 Å². The van der Waals surface area contributed by atoms with E-state index in [0.29, 0.717) is 19.4 Å². The van der Waals surface area contributed by atoms with Crippen LogP contribution in [0.3, 0.4) is 0 Å². The number of carbonyl (C=O) groups is 2. The maximum Gasteiger partial charge on any atom is 0.328 e. The summed E-state index contributed by atoms with van der Waals surface area (Å²) >= 11 is 0. The van der Waals surface area contributed by atoms with Crippen molar-refractivity contribution < 1.29 is 14.3 Å². The topological polar surface area (TPSA) is 72.6 Å². The Bertz CT molecular complexity index is 462. The number of rotatable bonds is 7. The van der Waals surface area contributed by atoms with Gasteiger partial charge in [-0.25, -0.2) is 4.79 Å². The van der Waals surface area contributed by atoms with Crippen LogP contribution in [-0.4, -0.2) is 36.0 Å². The summed E-state index contributed by atoms with van der Waals surface area (Å²) in [5.74, 6) is -0.635. The second kappa shape index (κ2) is 8.42. The Morgan fingerprint density at radius 3 is 2.29 bits per heavy atom. The lowest BCUT2D eigenvalue weighted by Gasteiger charge is -2.31. The number of nitrogens with zero attached hydrogens (tertiary/aromatic N) is 1. The average molecular weight is 292 g/mol. The first-order valence-corrected chi connectivity index (χ1v) is 7.22. The van der Waals surface area contributed by atoms with E-state index in [1.807, 2.05) is 44.2 Å². The lowest BCUT2D eigenvalue weighted by Crippen LogP contribution is -2.51. The molecule has 0 spiro atoms. The smallest absolute Gasteiger partial charge is 0.328 e. The Hall–Kier alpha value is -1.88. The molecule has 2 atom stereocenters. The summed E-state index contributed by atoms with van der Waals surface area (Å²) in [6.07, 6.45) is 1.02. The Balaban J connectivity index is 3.03. The van der Waals surface area contributed by atoms with Gasteiger partial charge in [0.2, 0.25) is 5.91 Å². The van der Waals surface area contributed by atoms with Crippen LogP contribution in [0.4, 0.5) is 0 Å². The van der Waals surface area contributed by atoms with Gasteiger partial charge in [-0.05, 0) is 18.4 Å². The molecular formula is C16H24N2O3. The second-order valence-corrected chi connectivity index (χ2v) is 4.91. The van der Waals surface area contributed by atoms with Crippen LogP contribution in [0.2, 0.25) is 0 Å². The molecule has 1 amide bonds. The van der Waals surface area contributed by atoms with Crippen LogP contribution in [0.25, 0.3) is 0 Å². The summed E-state index contributed by atoms with van der Waals surface area (Å²) in [7, 11) is 1.33. The third-order valence-electron chi connectivity index (χ3n) is 3.47. The van der Waals surface area contributed by atoms with E-state index in [4.69, 9.17) is 10.5 Å². The molecule has 21 heavy (non-hydrogen) atoms. The van der Waals surface area contributed by atoms with Crippen LogP contribution in [0, 0.1) is 0 Å². The zero-order chi connectivity index (χ0) is 15.8. The predicted molar refractivity (Wildman–Crippen MR) is 81.4 cm³/mol. The highest BCUT2D eigenvalue weighted by Crippen LogP contribution is 2.14. The molecule has 1 aromatic rings. The van der Waals surface area contributed by atoms with Gasteiger partial charge in [-0.3, -0.25) is 4.79 Å². The Morgan fingerprint density at radius 2 is 1.81 bits per heavy atom. The minimum atomic E-state index is -0.611. The average Bonchev–Trinajstić information content (AvgIpc) is 2.53. The van der Waals surface area contributed by atoms with Gasteiger partial charge in [0, 0.05) is 6.54 Å². The van der Waals surface area contributed by atoms with Crippen molar-refractivity contribution in [3.63, 3.8) is 0 Å². The summed E-state index contributed by atoms with van der Waals surface area (Å²) < 4.78 is 4.81. The van der Waals surface area contributed by atoms with Gasteiger partial charge < -0.3 is 15.4 Å². The molecule has 0 aliphatic heterocycles. The van der Waals surface area contributed by atoms with E-state index in [1.165, 1.54) is 12.0 Å². The van der Waals surface area contributed by atoms with Crippen molar-refractivity contribution in [1.82, 2.24) is 4.90 Å². The number of ether oxygens (including phenoxy) is 1. The Kier molecular flexibility index (Phi) is 6.88. The Morgan fingerprint density at radius 1 is 1.19 bits per heavy atom. The van der Waals surface area contributed by atoms with Crippen molar-refractivity contribution >= 4 is 11.9 Å². The number of carbonyl (C=O) groups excluding carboxylic acids is 2. The molecule has 0 bridgehead atoms. The lowest BCUT2D eigenvalue weighted by molar-refractivity contribution is -0.154. The van der Waals surface area contributed by atoms with E-state index in [1.54, 1.807) is 0 Å². The Labute approximate surface area is 126 Å². The zero-order valence-corrected chi connectivity index (χ0v) is 12.9. The maximum absolute atomic E-state index is 12.5. The number of amides is 1. The molecule has 0 aliphatic carbocycles. The highest BCUT2D eigenvalue weighted by molar-refractivity contribution is 5.87. The van der Waals surface area contributed by atoms with Crippen LogP contribution in [0.1, 0.15) is 32.3 Å². The van der Waals surface area contributed by atoms with E-state index in [2.05, 4.69) is 0 Å². The summed E-state index contributed by atoms with van der Waals surface area (Å²) in [5, 5.41) is 0. The van der Waals surface area contributed by atoms with Gasteiger partial charge in [-0.1, -0.05) is 44.2 Å².